The molecule has 0 aliphatic rings. The lowest BCUT2D eigenvalue weighted by atomic mass is 10.1. The average molecular weight is 374 g/mol. The van der Waals surface area contributed by atoms with Crippen LogP contribution in [0.5, 0.6) is 5.88 Å². The molecule has 0 atom stereocenters. The first-order valence-electron chi connectivity index (χ1n) is 8.73. The molecule has 0 N–H and O–H groups in total. The highest BCUT2D eigenvalue weighted by Gasteiger charge is 2.13. The van der Waals surface area contributed by atoms with Gasteiger partial charge in [-0.15, -0.1) is 0 Å². The van der Waals surface area contributed by atoms with E-state index in [1.807, 2.05) is 37.3 Å². The Morgan fingerprint density at radius 1 is 1.11 bits per heavy atom. The number of aryl methyl sites for hydroxylation is 1. The summed E-state index contributed by atoms with van der Waals surface area (Å²) in [6, 6.07) is 14.7. The van der Waals surface area contributed by atoms with Crippen molar-refractivity contribution in [2.75, 3.05) is 7.11 Å². The van der Waals surface area contributed by atoms with Crippen molar-refractivity contribution in [2.45, 2.75) is 13.5 Å². The van der Waals surface area contributed by atoms with Crippen molar-refractivity contribution in [1.82, 2.24) is 19.7 Å². The molecule has 0 aliphatic carbocycles. The van der Waals surface area contributed by atoms with Crippen LogP contribution < -0.4 is 10.3 Å². The van der Waals surface area contributed by atoms with E-state index in [-0.39, 0.29) is 5.56 Å². The van der Waals surface area contributed by atoms with E-state index in [2.05, 4.69) is 15.1 Å². The Morgan fingerprint density at radius 3 is 2.82 bits per heavy atom. The maximum atomic E-state index is 12.3. The maximum Gasteiger partial charge on any atom is 0.259 e. The fourth-order valence-corrected chi connectivity index (χ4v) is 2.94. The summed E-state index contributed by atoms with van der Waals surface area (Å²) in [7, 11) is 1.55. The zero-order valence-electron chi connectivity index (χ0n) is 15.5. The van der Waals surface area contributed by atoms with E-state index in [1.54, 1.807) is 36.2 Å². The largest absolute Gasteiger partial charge is 0.481 e. The third-order valence-corrected chi connectivity index (χ3v) is 4.32. The zero-order valence-corrected chi connectivity index (χ0v) is 15.5. The lowest BCUT2D eigenvalue weighted by Gasteiger charge is -2.09. The van der Waals surface area contributed by atoms with Gasteiger partial charge in [0.2, 0.25) is 11.7 Å². The van der Waals surface area contributed by atoms with E-state index in [4.69, 9.17) is 9.26 Å². The maximum absolute atomic E-state index is 12.3. The van der Waals surface area contributed by atoms with Gasteiger partial charge in [-0.25, -0.2) is 4.98 Å². The lowest BCUT2D eigenvalue weighted by molar-refractivity contribution is 0.391. The fourth-order valence-electron chi connectivity index (χ4n) is 2.94. The molecule has 7 nitrogen and oxygen atoms in total. The van der Waals surface area contributed by atoms with Crippen LogP contribution in [0.4, 0.5) is 0 Å². The molecule has 0 radical (unpaired) electrons. The van der Waals surface area contributed by atoms with Crippen molar-refractivity contribution >= 4 is 0 Å². The number of ether oxygens (including phenoxy) is 1. The molecule has 1 aromatic carbocycles. The Bertz CT molecular complexity index is 1180. The van der Waals surface area contributed by atoms with Gasteiger partial charge in [-0.1, -0.05) is 35.0 Å². The average Bonchev–Trinajstić information content (AvgIpc) is 3.20. The number of pyridine rings is 2. The monoisotopic (exact) mass is 374 g/mol. The number of benzene rings is 1. The first-order chi connectivity index (χ1) is 13.6. The predicted molar refractivity (Wildman–Crippen MR) is 104 cm³/mol. The number of hydrogen-bond acceptors (Lipinski definition) is 6. The van der Waals surface area contributed by atoms with Crippen LogP contribution in [0.1, 0.15) is 11.1 Å². The second kappa shape index (κ2) is 7.48. The first kappa shape index (κ1) is 17.7. The highest BCUT2D eigenvalue weighted by atomic mass is 16.5. The lowest BCUT2D eigenvalue weighted by Crippen LogP contribution is -2.19. The standard InChI is InChI=1S/C21H18N4O3/c1-14-5-3-6-15(11-14)19-23-21(28-24-19)17-8-9-18(26)25(13-17)12-16-7-4-10-22-20(16)27-2/h3-11,13H,12H2,1-2H3. The van der Waals surface area contributed by atoms with Crippen LogP contribution in [0.25, 0.3) is 22.8 Å². The summed E-state index contributed by atoms with van der Waals surface area (Å²) < 4.78 is 12.2. The van der Waals surface area contributed by atoms with Crippen LogP contribution in [0.3, 0.4) is 0 Å². The first-order valence-corrected chi connectivity index (χ1v) is 8.73. The summed E-state index contributed by atoms with van der Waals surface area (Å²) in [6.45, 7) is 2.33. The molecule has 3 aromatic heterocycles. The minimum atomic E-state index is -0.145. The van der Waals surface area contributed by atoms with Crippen molar-refractivity contribution in [3.05, 3.63) is 82.4 Å². The Balaban J connectivity index is 1.67. The summed E-state index contributed by atoms with van der Waals surface area (Å²) in [5.74, 6) is 1.34. The summed E-state index contributed by atoms with van der Waals surface area (Å²) in [6.07, 6.45) is 3.34. The molecule has 0 amide bonds. The molecule has 140 valence electrons. The molecule has 7 heteroatoms. The second-order valence-electron chi connectivity index (χ2n) is 6.35. The Labute approximate surface area is 161 Å². The van der Waals surface area contributed by atoms with E-state index in [9.17, 15) is 4.79 Å². The van der Waals surface area contributed by atoms with Crippen molar-refractivity contribution in [3.8, 4) is 28.7 Å². The van der Waals surface area contributed by atoms with Crippen LogP contribution >= 0.6 is 0 Å². The smallest absolute Gasteiger partial charge is 0.259 e. The van der Waals surface area contributed by atoms with E-state index in [0.717, 1.165) is 16.7 Å². The second-order valence-corrected chi connectivity index (χ2v) is 6.35. The van der Waals surface area contributed by atoms with Gasteiger partial charge < -0.3 is 13.8 Å². The molecule has 3 heterocycles. The molecular formula is C21H18N4O3. The SMILES string of the molecule is COc1ncccc1Cn1cc(-c2nc(-c3cccc(C)c3)no2)ccc1=O. The molecule has 0 aliphatic heterocycles. The van der Waals surface area contributed by atoms with Gasteiger partial charge >= 0.3 is 0 Å². The minimum absolute atomic E-state index is 0.145. The van der Waals surface area contributed by atoms with Crippen molar-refractivity contribution < 1.29 is 9.26 Å². The van der Waals surface area contributed by atoms with E-state index >= 15 is 0 Å². The number of nitrogens with zero attached hydrogens (tertiary/aromatic N) is 4. The van der Waals surface area contributed by atoms with Gasteiger partial charge in [0.05, 0.1) is 19.2 Å². The van der Waals surface area contributed by atoms with Gasteiger partial charge in [0.1, 0.15) is 0 Å². The summed E-state index contributed by atoms with van der Waals surface area (Å²) in [5, 5.41) is 4.06. The predicted octanol–water partition coefficient (Wildman–Crippen LogP) is 3.33. The molecule has 0 unspecified atom stereocenters. The fraction of sp³-hybridized carbons (Fsp3) is 0.143. The normalized spacial score (nSPS) is 10.8. The van der Waals surface area contributed by atoms with Crippen molar-refractivity contribution in [3.63, 3.8) is 0 Å². The van der Waals surface area contributed by atoms with Gasteiger partial charge in [0, 0.05) is 29.6 Å². The summed E-state index contributed by atoms with van der Waals surface area (Å²) in [5.41, 5.74) is 3.31. The van der Waals surface area contributed by atoms with E-state index in [1.165, 1.54) is 6.07 Å². The number of aromatic nitrogens is 4. The molecular weight excluding hydrogens is 356 g/mol. The molecule has 0 fully saturated rings. The van der Waals surface area contributed by atoms with Crippen LogP contribution in [0.15, 0.2) is 70.2 Å². The quantitative estimate of drug-likeness (QED) is 0.533. The van der Waals surface area contributed by atoms with E-state index < -0.39 is 0 Å². The van der Waals surface area contributed by atoms with Gasteiger partial charge in [0.15, 0.2) is 0 Å². The van der Waals surface area contributed by atoms with Gasteiger partial charge in [-0.2, -0.15) is 4.98 Å². The van der Waals surface area contributed by atoms with Gasteiger partial charge in [0.25, 0.3) is 11.4 Å². The molecule has 4 rings (SSSR count). The van der Waals surface area contributed by atoms with Crippen molar-refractivity contribution in [2.24, 2.45) is 0 Å². The van der Waals surface area contributed by atoms with Crippen LogP contribution in [0, 0.1) is 6.92 Å². The third kappa shape index (κ3) is 3.55. The zero-order chi connectivity index (χ0) is 19.5. The number of hydrogen-bond donors (Lipinski definition) is 0. The van der Waals surface area contributed by atoms with Crippen LogP contribution in [-0.2, 0) is 6.54 Å². The third-order valence-electron chi connectivity index (χ3n) is 4.32. The Hall–Kier alpha value is -3.74. The molecule has 0 saturated heterocycles. The summed E-state index contributed by atoms with van der Waals surface area (Å²) >= 11 is 0. The Kier molecular flexibility index (Phi) is 4.72. The Morgan fingerprint density at radius 2 is 2.00 bits per heavy atom. The molecule has 0 bridgehead atoms. The molecule has 0 saturated carbocycles. The molecule has 4 aromatic rings. The van der Waals surface area contributed by atoms with Gasteiger partial charge in [-0.05, 0) is 25.1 Å². The molecule has 28 heavy (non-hydrogen) atoms. The topological polar surface area (TPSA) is 83.0 Å². The number of methoxy groups -OCH3 is 1. The van der Waals surface area contributed by atoms with Crippen LogP contribution in [0.2, 0.25) is 0 Å². The molecule has 0 spiro atoms. The van der Waals surface area contributed by atoms with Crippen LogP contribution in [-0.4, -0.2) is 26.8 Å². The minimum Gasteiger partial charge on any atom is -0.481 e. The summed E-state index contributed by atoms with van der Waals surface area (Å²) in [4.78, 5) is 20.9. The highest BCUT2D eigenvalue weighted by Crippen LogP contribution is 2.22. The van der Waals surface area contributed by atoms with Crippen molar-refractivity contribution in [1.29, 1.82) is 0 Å². The van der Waals surface area contributed by atoms with E-state index in [0.29, 0.717) is 29.7 Å². The van der Waals surface area contributed by atoms with Gasteiger partial charge in [-0.3, -0.25) is 4.79 Å². The number of rotatable bonds is 5. The highest BCUT2D eigenvalue weighted by molar-refractivity contribution is 5.59.